The van der Waals surface area contributed by atoms with Crippen LogP contribution in [-0.2, 0) is 0 Å². The third-order valence-corrected chi connectivity index (χ3v) is 3.52. The molecule has 0 aliphatic carbocycles. The smallest absolute Gasteiger partial charge is 0.0474 e. The molecule has 3 N–H and O–H groups in total. The van der Waals surface area contributed by atoms with Crippen molar-refractivity contribution in [3.63, 3.8) is 0 Å². The van der Waals surface area contributed by atoms with Gasteiger partial charge in [0.1, 0.15) is 0 Å². The summed E-state index contributed by atoms with van der Waals surface area (Å²) in [6.07, 6.45) is 2.48. The standard InChI is InChI=1S/C9H18N2O.ClH/c10-4-9-3-7-1-2-11(9)5-8(7)6-12;/h7-9,12H,1-6,10H2;1H/t7-,8+,9+;/m0./s1. The Morgan fingerprint density at radius 3 is 2.69 bits per heavy atom. The molecule has 3 nitrogen and oxygen atoms in total. The molecule has 0 amide bonds. The quantitative estimate of drug-likeness (QED) is 0.673. The van der Waals surface area contributed by atoms with E-state index in [1.807, 2.05) is 0 Å². The molecule has 13 heavy (non-hydrogen) atoms. The molecule has 3 aliphatic rings. The molecule has 0 aromatic carbocycles. The van der Waals surface area contributed by atoms with Gasteiger partial charge in [-0.25, -0.2) is 0 Å². The van der Waals surface area contributed by atoms with Gasteiger partial charge in [-0.05, 0) is 31.2 Å². The highest BCUT2D eigenvalue weighted by Gasteiger charge is 2.38. The Bertz CT molecular complexity index is 150. The van der Waals surface area contributed by atoms with Gasteiger partial charge in [0.25, 0.3) is 0 Å². The Balaban J connectivity index is 0.000000845. The fourth-order valence-corrected chi connectivity index (χ4v) is 2.70. The van der Waals surface area contributed by atoms with Crippen LogP contribution in [0.2, 0.25) is 0 Å². The number of aliphatic hydroxyl groups is 1. The van der Waals surface area contributed by atoms with E-state index in [4.69, 9.17) is 10.8 Å². The molecule has 4 atom stereocenters. The van der Waals surface area contributed by atoms with Crippen molar-refractivity contribution in [3.8, 4) is 0 Å². The summed E-state index contributed by atoms with van der Waals surface area (Å²) < 4.78 is 0. The topological polar surface area (TPSA) is 49.5 Å². The Hall–Kier alpha value is 0.170. The van der Waals surface area contributed by atoms with Crippen LogP contribution in [0.3, 0.4) is 0 Å². The molecule has 1 unspecified atom stereocenters. The average molecular weight is 207 g/mol. The van der Waals surface area contributed by atoms with Gasteiger partial charge in [-0.15, -0.1) is 12.4 Å². The first-order valence-electron chi connectivity index (χ1n) is 4.90. The van der Waals surface area contributed by atoms with E-state index in [1.165, 1.54) is 19.4 Å². The molecule has 3 rings (SSSR count). The predicted molar refractivity (Wildman–Crippen MR) is 55.0 cm³/mol. The molecule has 4 heteroatoms. The zero-order valence-corrected chi connectivity index (χ0v) is 8.67. The fraction of sp³-hybridized carbons (Fsp3) is 1.00. The maximum Gasteiger partial charge on any atom is 0.0474 e. The number of nitrogens with zero attached hydrogens (tertiary/aromatic N) is 1. The normalized spacial score (nSPS) is 42.9. The number of nitrogens with two attached hydrogens (primary N) is 1. The first kappa shape index (κ1) is 11.2. The van der Waals surface area contributed by atoms with Crippen molar-refractivity contribution in [3.05, 3.63) is 0 Å². The van der Waals surface area contributed by atoms with Crippen LogP contribution >= 0.6 is 12.4 Å². The molecule has 0 saturated carbocycles. The number of halogens is 1. The van der Waals surface area contributed by atoms with Gasteiger partial charge < -0.3 is 10.8 Å². The lowest BCUT2D eigenvalue weighted by molar-refractivity contribution is -0.0170. The monoisotopic (exact) mass is 206 g/mol. The van der Waals surface area contributed by atoms with Crippen LogP contribution in [0.25, 0.3) is 0 Å². The molecular formula is C9H19ClN2O. The van der Waals surface area contributed by atoms with Crippen molar-refractivity contribution in [2.24, 2.45) is 17.6 Å². The number of aliphatic hydroxyl groups excluding tert-OH is 1. The van der Waals surface area contributed by atoms with E-state index in [0.29, 0.717) is 18.6 Å². The summed E-state index contributed by atoms with van der Waals surface area (Å²) in [5.74, 6) is 1.27. The number of hydrogen-bond acceptors (Lipinski definition) is 3. The van der Waals surface area contributed by atoms with E-state index in [-0.39, 0.29) is 12.4 Å². The molecule has 3 saturated heterocycles. The first-order valence-corrected chi connectivity index (χ1v) is 4.90. The van der Waals surface area contributed by atoms with Crippen molar-refractivity contribution >= 4 is 12.4 Å². The lowest BCUT2D eigenvalue weighted by atomic mass is 9.76. The van der Waals surface area contributed by atoms with Crippen LogP contribution in [0.5, 0.6) is 0 Å². The number of hydrogen-bond donors (Lipinski definition) is 2. The Morgan fingerprint density at radius 2 is 2.23 bits per heavy atom. The summed E-state index contributed by atoms with van der Waals surface area (Å²) in [6.45, 7) is 3.42. The van der Waals surface area contributed by atoms with E-state index in [0.717, 1.165) is 19.0 Å². The summed E-state index contributed by atoms with van der Waals surface area (Å²) >= 11 is 0. The molecule has 3 aliphatic heterocycles. The molecule has 3 fully saturated rings. The SMILES string of the molecule is Cl.NC[C@H]1C[C@@H]2CCN1C[C@@H]2CO. The van der Waals surface area contributed by atoms with Gasteiger partial charge in [-0.1, -0.05) is 0 Å². The molecular weight excluding hydrogens is 188 g/mol. The van der Waals surface area contributed by atoms with E-state index in [2.05, 4.69) is 4.90 Å². The highest BCUT2D eigenvalue weighted by Crippen LogP contribution is 2.35. The summed E-state index contributed by atoms with van der Waals surface area (Å²) in [5, 5.41) is 9.11. The van der Waals surface area contributed by atoms with Gasteiger partial charge in [0, 0.05) is 25.7 Å². The lowest BCUT2D eigenvalue weighted by Crippen LogP contribution is -2.56. The van der Waals surface area contributed by atoms with Gasteiger partial charge >= 0.3 is 0 Å². The number of rotatable bonds is 2. The van der Waals surface area contributed by atoms with Crippen LogP contribution in [0.4, 0.5) is 0 Å². The van der Waals surface area contributed by atoms with Gasteiger partial charge in [0.2, 0.25) is 0 Å². The van der Waals surface area contributed by atoms with Crippen LogP contribution in [0, 0.1) is 11.8 Å². The van der Waals surface area contributed by atoms with Crippen molar-refractivity contribution in [2.45, 2.75) is 18.9 Å². The minimum atomic E-state index is 0. The number of fused-ring (bicyclic) bond motifs is 3. The summed E-state index contributed by atoms with van der Waals surface area (Å²) in [5.41, 5.74) is 5.67. The van der Waals surface area contributed by atoms with Crippen molar-refractivity contribution in [1.82, 2.24) is 4.90 Å². The first-order chi connectivity index (χ1) is 5.85. The second kappa shape index (κ2) is 4.60. The summed E-state index contributed by atoms with van der Waals surface area (Å²) in [4.78, 5) is 2.45. The predicted octanol–water partition coefficient (Wildman–Crippen LogP) is 0.0696. The third kappa shape index (κ3) is 1.99. The van der Waals surface area contributed by atoms with Gasteiger partial charge in [0.15, 0.2) is 0 Å². The summed E-state index contributed by atoms with van der Waals surface area (Å²) in [7, 11) is 0. The number of piperidine rings is 3. The van der Waals surface area contributed by atoms with Gasteiger partial charge in [-0.3, -0.25) is 4.90 Å². The van der Waals surface area contributed by atoms with E-state index < -0.39 is 0 Å². The lowest BCUT2D eigenvalue weighted by Gasteiger charge is -2.49. The molecule has 0 spiro atoms. The van der Waals surface area contributed by atoms with Gasteiger partial charge in [0.05, 0.1) is 0 Å². The highest BCUT2D eigenvalue weighted by molar-refractivity contribution is 5.85. The van der Waals surface area contributed by atoms with Crippen LogP contribution < -0.4 is 5.73 Å². The van der Waals surface area contributed by atoms with Gasteiger partial charge in [-0.2, -0.15) is 0 Å². The maximum absolute atomic E-state index is 9.11. The van der Waals surface area contributed by atoms with Crippen molar-refractivity contribution in [1.29, 1.82) is 0 Å². The Kier molecular flexibility index (Phi) is 3.98. The van der Waals surface area contributed by atoms with Crippen molar-refractivity contribution < 1.29 is 5.11 Å². The summed E-state index contributed by atoms with van der Waals surface area (Å²) in [6, 6.07) is 0.603. The largest absolute Gasteiger partial charge is 0.396 e. The van der Waals surface area contributed by atoms with Crippen molar-refractivity contribution in [2.75, 3.05) is 26.2 Å². The van der Waals surface area contributed by atoms with E-state index in [1.54, 1.807) is 0 Å². The average Bonchev–Trinajstić information content (AvgIpc) is 2.18. The molecule has 0 aromatic rings. The molecule has 0 radical (unpaired) electrons. The second-order valence-corrected chi connectivity index (χ2v) is 4.11. The third-order valence-electron chi connectivity index (χ3n) is 3.52. The second-order valence-electron chi connectivity index (χ2n) is 4.11. The highest BCUT2D eigenvalue weighted by atomic mass is 35.5. The van der Waals surface area contributed by atoms with Crippen LogP contribution in [0.15, 0.2) is 0 Å². The fourth-order valence-electron chi connectivity index (χ4n) is 2.70. The van der Waals surface area contributed by atoms with Crippen LogP contribution in [0.1, 0.15) is 12.8 Å². The van der Waals surface area contributed by atoms with E-state index >= 15 is 0 Å². The maximum atomic E-state index is 9.11. The minimum Gasteiger partial charge on any atom is -0.396 e. The minimum absolute atomic E-state index is 0. The van der Waals surface area contributed by atoms with E-state index in [9.17, 15) is 0 Å². The van der Waals surface area contributed by atoms with Crippen LogP contribution in [-0.4, -0.2) is 42.3 Å². The zero-order chi connectivity index (χ0) is 8.55. The Morgan fingerprint density at radius 1 is 1.46 bits per heavy atom. The molecule has 2 bridgehead atoms. The molecule has 78 valence electrons. The molecule has 3 heterocycles. The zero-order valence-electron chi connectivity index (χ0n) is 7.85. The molecule has 0 aromatic heterocycles. The Labute approximate surface area is 85.7 Å².